The Kier molecular flexibility index (Phi) is 16.4. The molecular weight excluding hydrogens is 718 g/mol. The van der Waals surface area contributed by atoms with Crippen LogP contribution in [0.1, 0.15) is 55.3 Å². The number of hydrogen-bond acceptors (Lipinski definition) is 14. The first kappa shape index (κ1) is 40.6. The van der Waals surface area contributed by atoms with Crippen LogP contribution in [0, 0.1) is 22.7 Å². The van der Waals surface area contributed by atoms with Gasteiger partial charge in [-0.15, -0.1) is 0 Å². The fourth-order valence-electron chi connectivity index (χ4n) is 5.10. The van der Waals surface area contributed by atoms with Gasteiger partial charge in [0.1, 0.15) is 53.8 Å². The number of thioether (sulfide) groups is 1. The lowest BCUT2D eigenvalue weighted by Gasteiger charge is -2.19. The van der Waals surface area contributed by atoms with Crippen molar-refractivity contribution >= 4 is 41.1 Å². The van der Waals surface area contributed by atoms with Crippen LogP contribution in [0.25, 0.3) is 22.6 Å². The van der Waals surface area contributed by atoms with E-state index in [4.69, 9.17) is 36.0 Å². The van der Waals surface area contributed by atoms with Crippen LogP contribution in [0.15, 0.2) is 64.2 Å². The molecular formula is C38H42ClN7O6S. The zero-order valence-corrected chi connectivity index (χ0v) is 31.2. The highest BCUT2D eigenvalue weighted by atomic mass is 35.5. The molecule has 2 aromatic heterocycles. The number of carbonyl (C=O) groups excluding carboxylic acids is 2. The van der Waals surface area contributed by atoms with Gasteiger partial charge in [0.15, 0.2) is 6.10 Å². The number of aromatic nitrogens is 2. The van der Waals surface area contributed by atoms with Gasteiger partial charge in [-0.3, -0.25) is 9.59 Å². The Hall–Kier alpha value is -5.12. The molecule has 278 valence electrons. The molecule has 4 N–H and O–H groups in total. The van der Waals surface area contributed by atoms with E-state index >= 15 is 0 Å². The Bertz CT molecular complexity index is 1890. The summed E-state index contributed by atoms with van der Waals surface area (Å²) in [4.78, 5) is 33.8. The molecule has 0 spiro atoms. The number of rotatable bonds is 21. The lowest BCUT2D eigenvalue weighted by atomic mass is 9.97. The number of carbonyl (C=O) groups is 2. The minimum absolute atomic E-state index is 0.0153. The highest BCUT2D eigenvalue weighted by Gasteiger charge is 2.22. The minimum atomic E-state index is -0.824. The summed E-state index contributed by atoms with van der Waals surface area (Å²) in [5, 5.41) is 27.3. The fraction of sp³-hybridized carbons (Fsp3) is 0.368. The maximum Gasteiger partial charge on any atom is 0.306 e. The monoisotopic (exact) mass is 759 g/mol. The number of oxazole rings is 1. The Labute approximate surface area is 318 Å². The van der Waals surface area contributed by atoms with Crippen LogP contribution < -0.4 is 21.1 Å². The van der Waals surface area contributed by atoms with E-state index in [0.29, 0.717) is 57.1 Å². The summed E-state index contributed by atoms with van der Waals surface area (Å²) in [5.41, 5.74) is 8.76. The molecule has 1 atom stereocenters. The van der Waals surface area contributed by atoms with Crippen molar-refractivity contribution in [2.75, 3.05) is 46.1 Å². The van der Waals surface area contributed by atoms with E-state index in [-0.39, 0.29) is 49.0 Å². The first-order chi connectivity index (χ1) is 25.8. The van der Waals surface area contributed by atoms with Crippen molar-refractivity contribution in [3.8, 4) is 40.5 Å². The van der Waals surface area contributed by atoms with Crippen LogP contribution in [0.3, 0.4) is 0 Å². The summed E-state index contributed by atoms with van der Waals surface area (Å²) in [6.45, 7) is 1.38. The van der Waals surface area contributed by atoms with Gasteiger partial charge in [-0.2, -0.15) is 10.5 Å². The molecule has 2 aromatic carbocycles. The zero-order chi connectivity index (χ0) is 38.0. The van der Waals surface area contributed by atoms with E-state index in [9.17, 15) is 20.1 Å². The summed E-state index contributed by atoms with van der Waals surface area (Å²) < 4.78 is 22.6. The molecule has 2 heterocycles. The largest absolute Gasteiger partial charge is 0.490 e. The van der Waals surface area contributed by atoms with Gasteiger partial charge in [0, 0.05) is 34.7 Å². The van der Waals surface area contributed by atoms with Gasteiger partial charge in [-0.25, -0.2) is 9.97 Å². The number of nitrogens with zero attached hydrogens (tertiary/aromatic N) is 4. The summed E-state index contributed by atoms with van der Waals surface area (Å²) in [6.07, 6.45) is 4.18. The van der Waals surface area contributed by atoms with Crippen LogP contribution in [0.2, 0.25) is 5.02 Å². The molecule has 0 aliphatic rings. The van der Waals surface area contributed by atoms with E-state index < -0.39 is 12.1 Å². The second-order valence-corrected chi connectivity index (χ2v) is 13.2. The second-order valence-electron chi connectivity index (χ2n) is 11.8. The third kappa shape index (κ3) is 12.5. The number of nitriles is 2. The maximum absolute atomic E-state index is 12.6. The van der Waals surface area contributed by atoms with E-state index in [2.05, 4.69) is 32.7 Å². The van der Waals surface area contributed by atoms with Gasteiger partial charge in [0.2, 0.25) is 5.89 Å². The number of esters is 2. The van der Waals surface area contributed by atoms with Crippen LogP contribution in [-0.2, 0) is 24.8 Å². The maximum atomic E-state index is 12.6. The molecule has 0 fully saturated rings. The number of ether oxygens (including phenoxy) is 3. The van der Waals surface area contributed by atoms with Crippen molar-refractivity contribution in [2.45, 2.75) is 55.4 Å². The predicted molar refractivity (Wildman–Crippen MR) is 202 cm³/mol. The van der Waals surface area contributed by atoms with Crippen LogP contribution in [-0.4, -0.2) is 68.4 Å². The summed E-state index contributed by atoms with van der Waals surface area (Å²) in [6, 6.07) is 18.1. The molecule has 0 amide bonds. The van der Waals surface area contributed by atoms with Crippen LogP contribution in [0.4, 0.5) is 5.82 Å². The van der Waals surface area contributed by atoms with Gasteiger partial charge in [0.05, 0.1) is 11.3 Å². The van der Waals surface area contributed by atoms with Crippen molar-refractivity contribution in [3.05, 3.63) is 76.6 Å². The number of pyridine rings is 1. The number of nitrogens with two attached hydrogens (primary N) is 1. The SMILES string of the molecule is CNCCCCC(=O)OCC(COc1ccc(-c2c(C#N)c(N)nc(SCc3coc(-c4ccc(Cl)cc4)n3)c2C#N)cc1)OC(=O)CCCCNC. The molecule has 0 radical (unpaired) electrons. The van der Waals surface area contributed by atoms with Crippen LogP contribution in [0.5, 0.6) is 5.75 Å². The summed E-state index contributed by atoms with van der Waals surface area (Å²) in [7, 11) is 3.70. The van der Waals surface area contributed by atoms with Gasteiger partial charge in [-0.05, 0) is 94.8 Å². The number of anilines is 1. The van der Waals surface area contributed by atoms with E-state index in [0.717, 1.165) is 31.5 Å². The smallest absolute Gasteiger partial charge is 0.306 e. The highest BCUT2D eigenvalue weighted by Crippen LogP contribution is 2.37. The Morgan fingerprint density at radius 1 is 0.887 bits per heavy atom. The van der Waals surface area contributed by atoms with E-state index in [1.807, 2.05) is 14.1 Å². The van der Waals surface area contributed by atoms with Crippen molar-refractivity contribution < 1.29 is 28.2 Å². The third-order valence-corrected chi connectivity index (χ3v) is 9.10. The van der Waals surface area contributed by atoms with Gasteiger partial charge >= 0.3 is 11.9 Å². The van der Waals surface area contributed by atoms with Gasteiger partial charge in [-0.1, -0.05) is 35.5 Å². The Morgan fingerprint density at radius 2 is 1.53 bits per heavy atom. The number of nitrogen functional groups attached to an aromatic ring is 1. The zero-order valence-electron chi connectivity index (χ0n) is 29.7. The molecule has 53 heavy (non-hydrogen) atoms. The number of halogens is 1. The normalized spacial score (nSPS) is 11.3. The number of benzene rings is 2. The van der Waals surface area contributed by atoms with Gasteiger partial charge in [0.25, 0.3) is 0 Å². The molecule has 0 aliphatic carbocycles. The van der Waals surface area contributed by atoms with Crippen molar-refractivity contribution in [2.24, 2.45) is 0 Å². The third-order valence-electron chi connectivity index (χ3n) is 7.84. The van der Waals surface area contributed by atoms with Crippen molar-refractivity contribution in [1.82, 2.24) is 20.6 Å². The average molecular weight is 760 g/mol. The molecule has 0 aliphatic heterocycles. The molecule has 13 nitrogen and oxygen atoms in total. The molecule has 0 saturated heterocycles. The van der Waals surface area contributed by atoms with E-state index in [1.165, 1.54) is 18.0 Å². The standard InChI is InChI=1S/C38H42ClN7O6S/c1-43-17-5-3-7-33(47)50-23-30(52-34(48)8-4-6-18-44-2)22-49-29-15-11-25(12-16-29)35-31(19-40)36(42)46-38(32(35)20-41)53-24-28-21-51-37(45-28)26-9-13-27(39)14-10-26/h9-16,21,30,43-44H,3-8,17-18,22-24H2,1-2H3,(H2,42,46). The first-order valence-corrected chi connectivity index (χ1v) is 18.5. The first-order valence-electron chi connectivity index (χ1n) is 17.1. The number of hydrogen-bond donors (Lipinski definition) is 3. The number of nitrogens with one attached hydrogen (secondary N) is 2. The molecule has 0 bridgehead atoms. The lowest BCUT2D eigenvalue weighted by Crippen LogP contribution is -2.31. The van der Waals surface area contributed by atoms with E-state index in [1.54, 1.807) is 48.5 Å². The Balaban J connectivity index is 1.45. The highest BCUT2D eigenvalue weighted by molar-refractivity contribution is 7.98. The van der Waals surface area contributed by atoms with Crippen LogP contribution >= 0.6 is 23.4 Å². The molecule has 0 saturated carbocycles. The Morgan fingerprint density at radius 3 is 2.17 bits per heavy atom. The molecule has 4 rings (SSSR count). The molecule has 15 heteroatoms. The quantitative estimate of drug-likeness (QED) is 0.0487. The van der Waals surface area contributed by atoms with Crippen molar-refractivity contribution in [3.63, 3.8) is 0 Å². The predicted octanol–water partition coefficient (Wildman–Crippen LogP) is 6.29. The van der Waals surface area contributed by atoms with Crippen molar-refractivity contribution in [1.29, 1.82) is 10.5 Å². The lowest BCUT2D eigenvalue weighted by molar-refractivity contribution is -0.161. The number of unbranched alkanes of at least 4 members (excludes halogenated alkanes) is 2. The fourth-order valence-corrected chi connectivity index (χ4v) is 6.10. The summed E-state index contributed by atoms with van der Waals surface area (Å²) >= 11 is 7.23. The molecule has 4 aromatic rings. The summed E-state index contributed by atoms with van der Waals surface area (Å²) in [5.74, 6) is 0.382. The average Bonchev–Trinajstić information content (AvgIpc) is 3.64. The second kappa shape index (κ2) is 21.4. The topological polar surface area (TPSA) is 198 Å². The molecule has 1 unspecified atom stereocenters. The van der Waals surface area contributed by atoms with Gasteiger partial charge < -0.3 is 35.0 Å². The minimum Gasteiger partial charge on any atom is -0.490 e.